The Bertz CT molecular complexity index is 1240. The smallest absolute Gasteiger partial charge is 0.256 e. The Labute approximate surface area is 190 Å². The lowest BCUT2D eigenvalue weighted by atomic mass is 10.2. The summed E-state index contributed by atoms with van der Waals surface area (Å²) in [5, 5.41) is 7.84. The molecule has 0 unspecified atom stereocenters. The maximum absolute atomic E-state index is 12.9. The predicted molar refractivity (Wildman–Crippen MR) is 126 cm³/mol. The van der Waals surface area contributed by atoms with Gasteiger partial charge in [0, 0.05) is 22.6 Å². The molecule has 0 atom stereocenters. The van der Waals surface area contributed by atoms with Crippen molar-refractivity contribution in [2.24, 2.45) is 0 Å². The van der Waals surface area contributed by atoms with E-state index >= 15 is 0 Å². The van der Waals surface area contributed by atoms with E-state index in [4.69, 9.17) is 14.6 Å². The Kier molecular flexibility index (Phi) is 5.56. The molecule has 160 valence electrons. The molecular weight excluding hydrogens is 422 g/mol. The Hall–Kier alpha value is -3.71. The summed E-state index contributed by atoms with van der Waals surface area (Å²) in [5.74, 6) is 4.41. The third kappa shape index (κ3) is 4.07. The Morgan fingerprint density at radius 3 is 2.31 bits per heavy atom. The first-order valence-electron chi connectivity index (χ1n) is 10.2. The Balaban J connectivity index is 1.41. The summed E-state index contributed by atoms with van der Waals surface area (Å²) in [6.07, 6.45) is 0. The van der Waals surface area contributed by atoms with Crippen LogP contribution in [0.4, 0.5) is 5.82 Å². The molecule has 6 nitrogen and oxygen atoms in total. The van der Waals surface area contributed by atoms with E-state index in [0.717, 1.165) is 39.9 Å². The minimum absolute atomic E-state index is 0.183. The number of fused-ring (bicyclic) bond motifs is 1. The number of carbonyl (C=O) groups excluding carboxylic acids is 1. The van der Waals surface area contributed by atoms with E-state index in [2.05, 4.69) is 5.32 Å². The molecule has 4 aromatic rings. The highest BCUT2D eigenvalue weighted by Gasteiger charge is 2.25. The Morgan fingerprint density at radius 2 is 1.59 bits per heavy atom. The molecular formula is C25H21N3O3S. The number of carbonyl (C=O) groups is 1. The van der Waals surface area contributed by atoms with Crippen LogP contribution in [0, 0.1) is 0 Å². The van der Waals surface area contributed by atoms with Gasteiger partial charge in [0.15, 0.2) is 0 Å². The van der Waals surface area contributed by atoms with Crippen molar-refractivity contribution in [3.63, 3.8) is 0 Å². The number of hydrogen-bond donors (Lipinski definition) is 1. The summed E-state index contributed by atoms with van der Waals surface area (Å²) in [6.45, 7) is 0. The second kappa shape index (κ2) is 8.80. The van der Waals surface area contributed by atoms with E-state index in [1.165, 1.54) is 0 Å². The van der Waals surface area contributed by atoms with Gasteiger partial charge >= 0.3 is 0 Å². The highest BCUT2D eigenvalue weighted by Crippen LogP contribution is 2.36. The molecule has 7 heteroatoms. The number of rotatable bonds is 6. The van der Waals surface area contributed by atoms with E-state index in [1.807, 2.05) is 54.6 Å². The zero-order valence-electron chi connectivity index (χ0n) is 17.4. The molecule has 5 rings (SSSR count). The second-order valence-corrected chi connectivity index (χ2v) is 8.26. The minimum atomic E-state index is -0.183. The van der Waals surface area contributed by atoms with Gasteiger partial charge in [0.2, 0.25) is 0 Å². The van der Waals surface area contributed by atoms with Gasteiger partial charge in [-0.3, -0.25) is 4.79 Å². The van der Waals surface area contributed by atoms with Crippen molar-refractivity contribution in [2.45, 2.75) is 11.5 Å². The van der Waals surface area contributed by atoms with E-state index in [9.17, 15) is 4.79 Å². The van der Waals surface area contributed by atoms with Gasteiger partial charge in [0.1, 0.15) is 23.1 Å². The topological polar surface area (TPSA) is 65.4 Å². The number of benzene rings is 3. The van der Waals surface area contributed by atoms with Crippen LogP contribution in [0.2, 0.25) is 0 Å². The highest BCUT2D eigenvalue weighted by atomic mass is 32.2. The van der Waals surface area contributed by atoms with Crippen molar-refractivity contribution in [1.82, 2.24) is 9.78 Å². The van der Waals surface area contributed by atoms with E-state index in [-0.39, 0.29) is 5.91 Å². The zero-order valence-corrected chi connectivity index (χ0v) is 18.3. The molecule has 1 amide bonds. The van der Waals surface area contributed by atoms with Crippen molar-refractivity contribution >= 4 is 23.5 Å². The number of ether oxygens (including phenoxy) is 2. The number of para-hydroxylation sites is 1. The van der Waals surface area contributed by atoms with E-state index in [1.54, 1.807) is 47.8 Å². The van der Waals surface area contributed by atoms with Crippen LogP contribution in [-0.2, 0) is 11.5 Å². The standard InChI is InChI=1S/C25H21N3O3S/c1-30-19-11-7-17(8-12-19)25(29)26-24-22-15-32-16-23(22)27-28(24)18-9-13-21(14-10-18)31-20-5-3-2-4-6-20/h2-14H,15-16H2,1H3,(H,26,29). The van der Waals surface area contributed by atoms with Crippen LogP contribution in [0.15, 0.2) is 78.9 Å². The van der Waals surface area contributed by atoms with Crippen LogP contribution in [0.1, 0.15) is 21.6 Å². The fourth-order valence-corrected chi connectivity index (χ4v) is 4.57. The van der Waals surface area contributed by atoms with Crippen molar-refractivity contribution < 1.29 is 14.3 Å². The average Bonchev–Trinajstić information content (AvgIpc) is 3.43. The van der Waals surface area contributed by atoms with Gasteiger partial charge in [0.25, 0.3) is 5.91 Å². The molecule has 1 N–H and O–H groups in total. The zero-order chi connectivity index (χ0) is 21.9. The van der Waals surface area contributed by atoms with Crippen molar-refractivity contribution in [1.29, 1.82) is 0 Å². The maximum Gasteiger partial charge on any atom is 0.256 e. The van der Waals surface area contributed by atoms with Crippen LogP contribution in [-0.4, -0.2) is 22.8 Å². The first-order valence-corrected chi connectivity index (χ1v) is 11.3. The lowest BCUT2D eigenvalue weighted by Gasteiger charge is -2.12. The van der Waals surface area contributed by atoms with Crippen molar-refractivity contribution in [3.05, 3.63) is 95.7 Å². The SMILES string of the molecule is COc1ccc(C(=O)Nc2c3c(nn2-c2ccc(Oc4ccccc4)cc2)CSC3)cc1. The average molecular weight is 444 g/mol. The quantitative estimate of drug-likeness (QED) is 0.416. The number of nitrogens with one attached hydrogen (secondary N) is 1. The van der Waals surface area contributed by atoms with Gasteiger partial charge in [-0.25, -0.2) is 4.68 Å². The summed E-state index contributed by atoms with van der Waals surface area (Å²) in [7, 11) is 1.60. The lowest BCUT2D eigenvalue weighted by molar-refractivity contribution is 0.102. The van der Waals surface area contributed by atoms with Gasteiger partial charge in [-0.1, -0.05) is 18.2 Å². The number of hydrogen-bond acceptors (Lipinski definition) is 5. The molecule has 2 heterocycles. The molecule has 1 aliphatic rings. The van der Waals surface area contributed by atoms with Gasteiger partial charge in [-0.2, -0.15) is 16.9 Å². The predicted octanol–water partition coefficient (Wildman–Crippen LogP) is 5.67. The van der Waals surface area contributed by atoms with Crippen LogP contribution in [0.3, 0.4) is 0 Å². The first kappa shape index (κ1) is 20.2. The molecule has 1 aliphatic heterocycles. The van der Waals surface area contributed by atoms with Crippen LogP contribution < -0.4 is 14.8 Å². The molecule has 0 radical (unpaired) electrons. The highest BCUT2D eigenvalue weighted by molar-refractivity contribution is 7.98. The molecule has 1 aromatic heterocycles. The largest absolute Gasteiger partial charge is 0.497 e. The molecule has 3 aromatic carbocycles. The molecule has 0 saturated carbocycles. The fourth-order valence-electron chi connectivity index (χ4n) is 3.53. The molecule has 0 fully saturated rings. The molecule has 0 saturated heterocycles. The van der Waals surface area contributed by atoms with Crippen LogP contribution in [0.25, 0.3) is 5.69 Å². The molecule has 32 heavy (non-hydrogen) atoms. The van der Waals surface area contributed by atoms with E-state index < -0.39 is 0 Å². The van der Waals surface area contributed by atoms with Gasteiger partial charge in [-0.05, 0) is 60.7 Å². The first-order chi connectivity index (χ1) is 15.7. The fraction of sp³-hybridized carbons (Fsp3) is 0.120. The van der Waals surface area contributed by atoms with Crippen molar-refractivity contribution in [2.75, 3.05) is 12.4 Å². The number of anilines is 1. The third-order valence-corrected chi connectivity index (χ3v) is 6.17. The molecule has 0 aliphatic carbocycles. The summed E-state index contributed by atoms with van der Waals surface area (Å²) in [6, 6.07) is 24.4. The number of thioether (sulfide) groups is 1. The monoisotopic (exact) mass is 443 g/mol. The summed E-state index contributed by atoms with van der Waals surface area (Å²) < 4.78 is 12.9. The van der Waals surface area contributed by atoms with Gasteiger partial charge < -0.3 is 14.8 Å². The minimum Gasteiger partial charge on any atom is -0.497 e. The van der Waals surface area contributed by atoms with Crippen LogP contribution in [0.5, 0.6) is 17.2 Å². The number of aromatic nitrogens is 2. The van der Waals surface area contributed by atoms with E-state index in [0.29, 0.717) is 17.1 Å². The Morgan fingerprint density at radius 1 is 0.906 bits per heavy atom. The summed E-state index contributed by atoms with van der Waals surface area (Å²) in [4.78, 5) is 12.9. The number of nitrogens with zero attached hydrogens (tertiary/aromatic N) is 2. The second-order valence-electron chi connectivity index (χ2n) is 7.27. The lowest BCUT2D eigenvalue weighted by Crippen LogP contribution is -2.16. The van der Waals surface area contributed by atoms with Gasteiger partial charge in [0.05, 0.1) is 18.5 Å². The number of amides is 1. The van der Waals surface area contributed by atoms with Crippen LogP contribution >= 0.6 is 11.8 Å². The number of methoxy groups -OCH3 is 1. The maximum atomic E-state index is 12.9. The summed E-state index contributed by atoms with van der Waals surface area (Å²) in [5.41, 5.74) is 3.49. The normalized spacial score (nSPS) is 12.3. The molecule has 0 bridgehead atoms. The van der Waals surface area contributed by atoms with Gasteiger partial charge in [-0.15, -0.1) is 0 Å². The summed E-state index contributed by atoms with van der Waals surface area (Å²) >= 11 is 1.80. The third-order valence-electron chi connectivity index (χ3n) is 5.20. The molecule has 0 spiro atoms. The van der Waals surface area contributed by atoms with Crippen molar-refractivity contribution in [3.8, 4) is 22.9 Å².